The lowest BCUT2D eigenvalue weighted by atomic mass is 10.1. The van der Waals surface area contributed by atoms with E-state index in [9.17, 15) is 9.59 Å². The highest BCUT2D eigenvalue weighted by Crippen LogP contribution is 2.23. The summed E-state index contributed by atoms with van der Waals surface area (Å²) in [7, 11) is 3.28. The fourth-order valence-electron chi connectivity index (χ4n) is 3.79. The van der Waals surface area contributed by atoms with Gasteiger partial charge < -0.3 is 14.5 Å². The predicted octanol–water partition coefficient (Wildman–Crippen LogP) is 1.68. The number of nitrogens with zero attached hydrogens (tertiary/aromatic N) is 6. The van der Waals surface area contributed by atoms with Gasteiger partial charge in [0.25, 0.3) is 11.5 Å². The minimum Gasteiger partial charge on any atom is -0.479 e. The van der Waals surface area contributed by atoms with Crippen LogP contribution in [0.15, 0.2) is 35.5 Å². The van der Waals surface area contributed by atoms with Gasteiger partial charge in [-0.15, -0.1) is 5.10 Å². The lowest BCUT2D eigenvalue weighted by Gasteiger charge is -2.36. The first-order valence-corrected chi connectivity index (χ1v) is 10.0. The maximum Gasteiger partial charge on any atom is 0.261 e. The molecule has 3 aromatic rings. The molecule has 0 bridgehead atoms. The van der Waals surface area contributed by atoms with Gasteiger partial charge in [0, 0.05) is 51.2 Å². The van der Waals surface area contributed by atoms with Gasteiger partial charge in [0.1, 0.15) is 5.56 Å². The second-order valence-electron chi connectivity index (χ2n) is 7.76. The van der Waals surface area contributed by atoms with Crippen LogP contribution in [0, 0.1) is 0 Å². The first-order valence-electron chi connectivity index (χ1n) is 10.0. The molecule has 0 saturated carbocycles. The van der Waals surface area contributed by atoms with Crippen molar-refractivity contribution in [3.63, 3.8) is 0 Å². The Bertz CT molecular complexity index is 1140. The number of amides is 1. The summed E-state index contributed by atoms with van der Waals surface area (Å²) in [5.74, 6) is 0.270. The fraction of sp³-hybridized carbons (Fsp3) is 0.429. The van der Waals surface area contributed by atoms with Crippen LogP contribution in [0.5, 0.6) is 5.88 Å². The Labute approximate surface area is 174 Å². The summed E-state index contributed by atoms with van der Waals surface area (Å²) in [5.41, 5.74) is 2.14. The summed E-state index contributed by atoms with van der Waals surface area (Å²) in [6.45, 7) is 6.51. The molecule has 3 heterocycles. The van der Waals surface area contributed by atoms with Gasteiger partial charge in [0.15, 0.2) is 0 Å². The Kier molecular flexibility index (Phi) is 5.19. The van der Waals surface area contributed by atoms with Crippen molar-refractivity contribution < 1.29 is 9.53 Å². The Balaban J connectivity index is 1.50. The SMILES string of the molecule is COc1nn(C)cc1C(=O)N1CCN(c2ccc3c(=O)n(C(C)C)cnc3c2)CC1. The third kappa shape index (κ3) is 3.51. The molecule has 2 aromatic heterocycles. The number of fused-ring (bicyclic) bond motifs is 1. The summed E-state index contributed by atoms with van der Waals surface area (Å²) in [6, 6.07) is 5.82. The highest BCUT2D eigenvalue weighted by atomic mass is 16.5. The van der Waals surface area contributed by atoms with Crippen molar-refractivity contribution in [1.82, 2.24) is 24.2 Å². The first-order chi connectivity index (χ1) is 14.4. The monoisotopic (exact) mass is 410 g/mol. The normalized spacial score (nSPS) is 14.6. The topological polar surface area (TPSA) is 85.5 Å². The number of benzene rings is 1. The molecular weight excluding hydrogens is 384 g/mol. The molecule has 0 radical (unpaired) electrons. The standard InChI is InChI=1S/C21H26N6O3/c1-14(2)27-13-22-18-11-15(5-6-16(18)21(27)29)25-7-9-26(10-8-25)20(28)17-12-24(3)23-19(17)30-4/h5-6,11-14H,7-10H2,1-4H3. The molecule has 0 unspecified atom stereocenters. The van der Waals surface area contributed by atoms with Crippen LogP contribution < -0.4 is 15.2 Å². The Morgan fingerprint density at radius 3 is 2.57 bits per heavy atom. The number of aromatic nitrogens is 4. The summed E-state index contributed by atoms with van der Waals surface area (Å²) < 4.78 is 8.44. The number of piperazine rings is 1. The van der Waals surface area contributed by atoms with Gasteiger partial charge in [-0.2, -0.15) is 0 Å². The summed E-state index contributed by atoms with van der Waals surface area (Å²) in [6.07, 6.45) is 3.30. The average Bonchev–Trinajstić information content (AvgIpc) is 3.14. The maximum atomic E-state index is 12.9. The van der Waals surface area contributed by atoms with Crippen LogP contribution in [-0.2, 0) is 7.05 Å². The molecule has 1 saturated heterocycles. The van der Waals surface area contributed by atoms with Crippen molar-refractivity contribution in [2.45, 2.75) is 19.9 Å². The number of anilines is 1. The quantitative estimate of drug-likeness (QED) is 0.651. The zero-order chi connectivity index (χ0) is 21.4. The fourth-order valence-corrected chi connectivity index (χ4v) is 3.79. The number of hydrogen-bond acceptors (Lipinski definition) is 6. The Morgan fingerprint density at radius 1 is 1.17 bits per heavy atom. The molecule has 158 valence electrons. The van der Waals surface area contributed by atoms with E-state index in [0.717, 1.165) is 5.69 Å². The molecule has 4 rings (SSSR count). The van der Waals surface area contributed by atoms with E-state index in [1.807, 2.05) is 36.9 Å². The summed E-state index contributed by atoms with van der Waals surface area (Å²) in [4.78, 5) is 34.0. The third-order valence-electron chi connectivity index (χ3n) is 5.47. The van der Waals surface area contributed by atoms with Crippen molar-refractivity contribution in [3.05, 3.63) is 46.6 Å². The van der Waals surface area contributed by atoms with Gasteiger partial charge in [0.2, 0.25) is 5.88 Å². The van der Waals surface area contributed by atoms with Crippen molar-refractivity contribution >= 4 is 22.5 Å². The van der Waals surface area contributed by atoms with E-state index in [2.05, 4.69) is 15.0 Å². The van der Waals surface area contributed by atoms with Gasteiger partial charge in [0.05, 0.1) is 24.3 Å². The van der Waals surface area contributed by atoms with Gasteiger partial charge in [-0.05, 0) is 32.0 Å². The van der Waals surface area contributed by atoms with E-state index in [4.69, 9.17) is 4.74 Å². The largest absolute Gasteiger partial charge is 0.479 e. The summed E-state index contributed by atoms with van der Waals surface area (Å²) >= 11 is 0. The van der Waals surface area contributed by atoms with Crippen molar-refractivity contribution in [2.75, 3.05) is 38.2 Å². The Hall–Kier alpha value is -3.36. The molecule has 1 aliphatic heterocycles. The smallest absolute Gasteiger partial charge is 0.261 e. The van der Waals surface area contributed by atoms with Crippen LogP contribution in [0.3, 0.4) is 0 Å². The van der Waals surface area contributed by atoms with E-state index in [-0.39, 0.29) is 17.5 Å². The third-order valence-corrected chi connectivity index (χ3v) is 5.47. The van der Waals surface area contributed by atoms with Crippen LogP contribution in [0.25, 0.3) is 10.9 Å². The molecule has 9 heteroatoms. The molecule has 9 nitrogen and oxygen atoms in total. The second kappa shape index (κ2) is 7.81. The lowest BCUT2D eigenvalue weighted by Crippen LogP contribution is -2.48. The molecule has 0 aliphatic carbocycles. The van der Waals surface area contributed by atoms with E-state index >= 15 is 0 Å². The average molecular weight is 410 g/mol. The number of carbonyl (C=O) groups excluding carboxylic acids is 1. The minimum atomic E-state index is -0.0750. The van der Waals surface area contributed by atoms with Crippen LogP contribution in [0.1, 0.15) is 30.2 Å². The first kappa shape index (κ1) is 19.9. The minimum absolute atomic E-state index is 0.0256. The number of carbonyl (C=O) groups is 1. The van der Waals surface area contributed by atoms with Crippen molar-refractivity contribution in [3.8, 4) is 5.88 Å². The number of hydrogen-bond donors (Lipinski definition) is 0. The maximum absolute atomic E-state index is 12.9. The lowest BCUT2D eigenvalue weighted by molar-refractivity contribution is 0.0743. The van der Waals surface area contributed by atoms with Crippen LogP contribution in [-0.4, -0.2) is 63.4 Å². The number of methoxy groups -OCH3 is 1. The molecule has 30 heavy (non-hydrogen) atoms. The highest BCUT2D eigenvalue weighted by Gasteiger charge is 2.26. The predicted molar refractivity (Wildman–Crippen MR) is 114 cm³/mol. The molecule has 1 amide bonds. The molecule has 0 N–H and O–H groups in total. The van der Waals surface area contributed by atoms with Gasteiger partial charge >= 0.3 is 0 Å². The molecule has 1 fully saturated rings. The zero-order valence-corrected chi connectivity index (χ0v) is 17.7. The molecule has 1 aliphatic rings. The highest BCUT2D eigenvalue weighted by molar-refractivity contribution is 5.96. The van der Waals surface area contributed by atoms with Crippen molar-refractivity contribution in [1.29, 1.82) is 0 Å². The van der Waals surface area contributed by atoms with E-state index < -0.39 is 0 Å². The van der Waals surface area contributed by atoms with E-state index in [0.29, 0.717) is 48.5 Å². The number of aryl methyl sites for hydroxylation is 1. The van der Waals surface area contributed by atoms with Gasteiger partial charge in [-0.3, -0.25) is 18.8 Å². The number of ether oxygens (including phenoxy) is 1. The van der Waals surface area contributed by atoms with Gasteiger partial charge in [-0.25, -0.2) is 4.98 Å². The van der Waals surface area contributed by atoms with Crippen LogP contribution in [0.4, 0.5) is 5.69 Å². The Morgan fingerprint density at radius 2 is 1.90 bits per heavy atom. The number of rotatable bonds is 4. The zero-order valence-electron chi connectivity index (χ0n) is 17.7. The van der Waals surface area contributed by atoms with E-state index in [1.54, 1.807) is 28.8 Å². The second-order valence-corrected chi connectivity index (χ2v) is 7.76. The molecule has 1 aromatic carbocycles. The summed E-state index contributed by atoms with van der Waals surface area (Å²) in [5, 5.41) is 4.78. The van der Waals surface area contributed by atoms with Crippen LogP contribution >= 0.6 is 0 Å². The van der Waals surface area contributed by atoms with Crippen LogP contribution in [0.2, 0.25) is 0 Å². The van der Waals surface area contributed by atoms with Gasteiger partial charge in [-0.1, -0.05) is 0 Å². The van der Waals surface area contributed by atoms with Crippen molar-refractivity contribution in [2.24, 2.45) is 7.05 Å². The molecule has 0 atom stereocenters. The van der Waals surface area contributed by atoms with E-state index in [1.165, 1.54) is 7.11 Å². The molecular formula is C21H26N6O3. The molecule has 0 spiro atoms.